The second-order valence-corrected chi connectivity index (χ2v) is 8.72. The highest BCUT2D eigenvalue weighted by Gasteiger charge is 2.29. The molecule has 2 aromatic rings. The maximum absolute atomic E-state index is 6.24. The van der Waals surface area contributed by atoms with Crippen molar-refractivity contribution in [1.29, 1.82) is 0 Å². The Balaban J connectivity index is 1.62. The van der Waals surface area contributed by atoms with Gasteiger partial charge in [-0.2, -0.15) is 0 Å². The molecule has 0 unspecified atom stereocenters. The van der Waals surface area contributed by atoms with Crippen molar-refractivity contribution in [1.82, 2.24) is 14.8 Å². The normalized spacial score (nSPS) is 23.2. The van der Waals surface area contributed by atoms with Crippen LogP contribution in [0.3, 0.4) is 0 Å². The largest absolute Gasteiger partial charge is 0.282 e. The van der Waals surface area contributed by atoms with E-state index < -0.39 is 0 Å². The lowest BCUT2D eigenvalue weighted by molar-refractivity contribution is 0.277. The molecule has 0 bridgehead atoms. The van der Waals surface area contributed by atoms with E-state index in [4.69, 9.17) is 11.6 Å². The van der Waals surface area contributed by atoms with Crippen LogP contribution in [0.4, 0.5) is 0 Å². The van der Waals surface area contributed by atoms with Crippen molar-refractivity contribution >= 4 is 11.6 Å². The van der Waals surface area contributed by atoms with Crippen molar-refractivity contribution in [2.24, 2.45) is 11.8 Å². The zero-order chi connectivity index (χ0) is 17.4. The number of fused-ring (bicyclic) bond motifs is 3. The van der Waals surface area contributed by atoms with Crippen LogP contribution in [0.1, 0.15) is 75.5 Å². The van der Waals surface area contributed by atoms with Crippen LogP contribution in [0.2, 0.25) is 5.02 Å². The molecular weight excluding hydrogens is 330 g/mol. The third-order valence-electron chi connectivity index (χ3n) is 5.90. The summed E-state index contributed by atoms with van der Waals surface area (Å²) in [5.41, 5.74) is 2.59. The summed E-state index contributed by atoms with van der Waals surface area (Å²) in [6.45, 7) is 4.68. The summed E-state index contributed by atoms with van der Waals surface area (Å²) in [6, 6.07) is 6.28. The fraction of sp³-hybridized carbons (Fsp3) is 0.619. The number of nitrogens with zero attached hydrogens (tertiary/aromatic N) is 3. The maximum Gasteiger partial charge on any atom is 0.140 e. The number of rotatable bonds is 3. The second kappa shape index (κ2) is 7.11. The zero-order valence-corrected chi connectivity index (χ0v) is 16.1. The molecule has 134 valence electrons. The molecule has 1 aromatic carbocycles. The Kier molecular flexibility index (Phi) is 4.86. The number of benzene rings is 1. The van der Waals surface area contributed by atoms with Gasteiger partial charge >= 0.3 is 0 Å². The van der Waals surface area contributed by atoms with E-state index in [0.29, 0.717) is 5.92 Å². The summed E-state index contributed by atoms with van der Waals surface area (Å²) in [6.07, 6.45) is 9.72. The van der Waals surface area contributed by atoms with E-state index in [-0.39, 0.29) is 0 Å². The van der Waals surface area contributed by atoms with Crippen molar-refractivity contribution in [3.05, 3.63) is 40.4 Å². The molecular formula is C21H28ClN3. The molecule has 0 spiro atoms. The molecule has 0 radical (unpaired) electrons. The minimum atomic E-state index is 0.547. The van der Waals surface area contributed by atoms with E-state index in [2.05, 4.69) is 40.7 Å². The standard InChI is InChI=1S/C21H28ClN3/c1-14(2)12-15-6-8-16(9-7-15)21-24-23-20-5-3-4-17-13-18(22)10-11-19(17)25(20)21/h10-11,13-16H,3-9,12H2,1-2H3. The van der Waals surface area contributed by atoms with E-state index in [9.17, 15) is 0 Å². The Morgan fingerprint density at radius 3 is 2.68 bits per heavy atom. The highest BCUT2D eigenvalue weighted by molar-refractivity contribution is 6.30. The van der Waals surface area contributed by atoms with E-state index in [1.54, 1.807) is 0 Å². The van der Waals surface area contributed by atoms with Crippen LogP contribution in [0.15, 0.2) is 18.2 Å². The van der Waals surface area contributed by atoms with Gasteiger partial charge in [0.1, 0.15) is 11.6 Å². The van der Waals surface area contributed by atoms with Crippen LogP contribution in [0, 0.1) is 11.8 Å². The minimum Gasteiger partial charge on any atom is -0.282 e. The first-order valence-corrected chi connectivity index (χ1v) is 10.2. The van der Waals surface area contributed by atoms with Crippen molar-refractivity contribution < 1.29 is 0 Å². The van der Waals surface area contributed by atoms with Gasteiger partial charge in [-0.1, -0.05) is 25.4 Å². The van der Waals surface area contributed by atoms with E-state index >= 15 is 0 Å². The summed E-state index contributed by atoms with van der Waals surface area (Å²) < 4.78 is 2.35. The third-order valence-corrected chi connectivity index (χ3v) is 6.14. The topological polar surface area (TPSA) is 30.7 Å². The molecule has 0 saturated heterocycles. The minimum absolute atomic E-state index is 0.547. The average molecular weight is 358 g/mol. The number of hydrogen-bond acceptors (Lipinski definition) is 2. The lowest BCUT2D eigenvalue weighted by Gasteiger charge is -2.29. The van der Waals surface area contributed by atoms with Gasteiger partial charge in [-0.15, -0.1) is 10.2 Å². The molecule has 2 heterocycles. The Bertz CT molecular complexity index is 742. The number of aromatic nitrogens is 3. The van der Waals surface area contributed by atoms with Gasteiger partial charge < -0.3 is 0 Å². The second-order valence-electron chi connectivity index (χ2n) is 8.28. The van der Waals surface area contributed by atoms with Crippen molar-refractivity contribution in [2.45, 2.75) is 71.1 Å². The van der Waals surface area contributed by atoms with Crippen LogP contribution >= 0.6 is 11.6 Å². The predicted molar refractivity (Wildman–Crippen MR) is 103 cm³/mol. The van der Waals surface area contributed by atoms with Crippen LogP contribution in [0.5, 0.6) is 0 Å². The van der Waals surface area contributed by atoms with Gasteiger partial charge in [0, 0.05) is 17.4 Å². The molecule has 25 heavy (non-hydrogen) atoms. The molecule has 2 aliphatic rings. The summed E-state index contributed by atoms with van der Waals surface area (Å²) in [7, 11) is 0. The lowest BCUT2D eigenvalue weighted by Crippen LogP contribution is -2.18. The quantitative estimate of drug-likeness (QED) is 0.702. The SMILES string of the molecule is CC(C)CC1CCC(c2nnc3n2-c2ccc(Cl)cc2CCC3)CC1. The van der Waals surface area contributed by atoms with E-state index in [0.717, 1.165) is 41.9 Å². The van der Waals surface area contributed by atoms with Crippen LogP contribution in [0.25, 0.3) is 5.69 Å². The first-order chi connectivity index (χ1) is 12.1. The highest BCUT2D eigenvalue weighted by atomic mass is 35.5. The average Bonchev–Trinajstić information content (AvgIpc) is 2.91. The van der Waals surface area contributed by atoms with Crippen molar-refractivity contribution in [2.75, 3.05) is 0 Å². The predicted octanol–water partition coefficient (Wildman–Crippen LogP) is 5.73. The fourth-order valence-electron chi connectivity index (χ4n) is 4.75. The van der Waals surface area contributed by atoms with E-state index in [1.807, 2.05) is 6.07 Å². The Labute approximate surface area is 155 Å². The van der Waals surface area contributed by atoms with Crippen LogP contribution in [-0.4, -0.2) is 14.8 Å². The molecule has 1 aliphatic heterocycles. The van der Waals surface area contributed by atoms with Gasteiger partial charge in [0.25, 0.3) is 0 Å². The van der Waals surface area contributed by atoms with Gasteiger partial charge in [0.05, 0.1) is 5.69 Å². The van der Waals surface area contributed by atoms with Crippen LogP contribution in [-0.2, 0) is 12.8 Å². The van der Waals surface area contributed by atoms with Gasteiger partial charge in [-0.05, 0) is 80.5 Å². The van der Waals surface area contributed by atoms with Crippen LogP contribution < -0.4 is 0 Å². The summed E-state index contributed by atoms with van der Waals surface area (Å²) in [5.74, 6) is 4.56. The summed E-state index contributed by atoms with van der Waals surface area (Å²) in [4.78, 5) is 0. The lowest BCUT2D eigenvalue weighted by atomic mass is 9.78. The Morgan fingerprint density at radius 1 is 1.12 bits per heavy atom. The summed E-state index contributed by atoms with van der Waals surface area (Å²) in [5, 5.41) is 10.0. The van der Waals surface area contributed by atoms with Gasteiger partial charge in [0.2, 0.25) is 0 Å². The van der Waals surface area contributed by atoms with Gasteiger partial charge in [0.15, 0.2) is 0 Å². The molecule has 1 aromatic heterocycles. The van der Waals surface area contributed by atoms with E-state index in [1.165, 1.54) is 49.2 Å². The Hall–Kier alpha value is -1.35. The fourth-order valence-corrected chi connectivity index (χ4v) is 4.95. The number of hydrogen-bond donors (Lipinski definition) is 0. The third kappa shape index (κ3) is 3.48. The first kappa shape index (κ1) is 17.1. The smallest absolute Gasteiger partial charge is 0.140 e. The van der Waals surface area contributed by atoms with Gasteiger partial charge in [-0.25, -0.2) is 0 Å². The maximum atomic E-state index is 6.24. The molecule has 0 amide bonds. The molecule has 0 N–H and O–H groups in total. The Morgan fingerprint density at radius 2 is 1.92 bits per heavy atom. The molecule has 4 heteroatoms. The first-order valence-electron chi connectivity index (χ1n) is 9.85. The monoisotopic (exact) mass is 357 g/mol. The summed E-state index contributed by atoms with van der Waals surface area (Å²) >= 11 is 6.24. The van der Waals surface area contributed by atoms with Gasteiger partial charge in [-0.3, -0.25) is 4.57 Å². The molecule has 0 atom stereocenters. The molecule has 3 nitrogen and oxygen atoms in total. The molecule has 1 saturated carbocycles. The van der Waals surface area contributed by atoms with Crippen molar-refractivity contribution in [3.8, 4) is 5.69 Å². The molecule has 4 rings (SSSR count). The number of halogens is 1. The highest BCUT2D eigenvalue weighted by Crippen LogP contribution is 2.39. The van der Waals surface area contributed by atoms with Crippen molar-refractivity contribution in [3.63, 3.8) is 0 Å². The molecule has 1 aliphatic carbocycles. The zero-order valence-electron chi connectivity index (χ0n) is 15.3. The molecule has 1 fully saturated rings. The number of aryl methyl sites for hydroxylation is 2.